The summed E-state index contributed by atoms with van der Waals surface area (Å²) < 4.78 is 8.01. The molecule has 3 aromatic rings. The highest BCUT2D eigenvalue weighted by atomic mass is 79.9. The normalized spacial score (nSPS) is 16.6. The van der Waals surface area contributed by atoms with Crippen molar-refractivity contribution in [1.29, 1.82) is 0 Å². The minimum atomic E-state index is -0.299. The van der Waals surface area contributed by atoms with Crippen LogP contribution in [0, 0.1) is 0 Å². The van der Waals surface area contributed by atoms with Crippen LogP contribution in [0.1, 0.15) is 11.7 Å². The van der Waals surface area contributed by atoms with Crippen LogP contribution in [-0.4, -0.2) is 40.3 Å². The summed E-state index contributed by atoms with van der Waals surface area (Å²) in [6.45, 7) is 1.34. The fraction of sp³-hybridized carbons (Fsp3) is 0.227. The number of hydrogen-bond acceptors (Lipinski definition) is 4. The molecule has 1 aliphatic rings. The lowest BCUT2D eigenvalue weighted by Gasteiger charge is -2.33. The number of nitrogens with zero attached hydrogens (tertiary/aromatic N) is 3. The third-order valence-corrected chi connectivity index (χ3v) is 5.41. The monoisotopic (exact) mass is 453 g/mol. The maximum Gasteiger partial charge on any atom is 0.267 e. The van der Waals surface area contributed by atoms with E-state index in [-0.39, 0.29) is 24.1 Å². The minimum Gasteiger partial charge on any atom is -0.370 e. The summed E-state index contributed by atoms with van der Waals surface area (Å²) in [7, 11) is 0. The summed E-state index contributed by atoms with van der Waals surface area (Å²) in [4.78, 5) is 26.8. The van der Waals surface area contributed by atoms with Crippen molar-refractivity contribution in [3.8, 4) is 11.3 Å². The molecular formula is C22H20BrN3O3. The second kappa shape index (κ2) is 8.71. The van der Waals surface area contributed by atoms with E-state index in [1.54, 1.807) is 11.0 Å². The lowest BCUT2D eigenvalue weighted by Crippen LogP contribution is -2.44. The maximum atomic E-state index is 12.9. The third kappa shape index (κ3) is 4.63. The fourth-order valence-electron chi connectivity index (χ4n) is 3.31. The van der Waals surface area contributed by atoms with E-state index < -0.39 is 0 Å². The molecule has 148 valence electrons. The Morgan fingerprint density at radius 2 is 1.83 bits per heavy atom. The van der Waals surface area contributed by atoms with Crippen molar-refractivity contribution in [3.05, 3.63) is 87.1 Å². The molecule has 0 N–H and O–H groups in total. The van der Waals surface area contributed by atoms with E-state index in [9.17, 15) is 9.59 Å². The lowest BCUT2D eigenvalue weighted by atomic mass is 10.1. The van der Waals surface area contributed by atoms with Gasteiger partial charge in [0.1, 0.15) is 12.6 Å². The van der Waals surface area contributed by atoms with Gasteiger partial charge in [-0.3, -0.25) is 9.59 Å². The van der Waals surface area contributed by atoms with Crippen molar-refractivity contribution in [3.63, 3.8) is 0 Å². The van der Waals surface area contributed by atoms with Gasteiger partial charge in [-0.2, -0.15) is 5.10 Å². The first-order chi connectivity index (χ1) is 14.1. The van der Waals surface area contributed by atoms with Crippen LogP contribution in [0.3, 0.4) is 0 Å². The molecule has 2 heterocycles. The Morgan fingerprint density at radius 3 is 2.59 bits per heavy atom. The van der Waals surface area contributed by atoms with E-state index in [4.69, 9.17) is 4.74 Å². The summed E-state index contributed by atoms with van der Waals surface area (Å²) in [5.41, 5.74) is 2.27. The smallest absolute Gasteiger partial charge is 0.267 e. The maximum absolute atomic E-state index is 12.9. The third-order valence-electron chi connectivity index (χ3n) is 4.88. The van der Waals surface area contributed by atoms with Crippen molar-refractivity contribution >= 4 is 21.8 Å². The molecule has 0 bridgehead atoms. The van der Waals surface area contributed by atoms with Crippen LogP contribution in [0.5, 0.6) is 0 Å². The van der Waals surface area contributed by atoms with Gasteiger partial charge < -0.3 is 9.64 Å². The second-order valence-corrected chi connectivity index (χ2v) is 7.75. The van der Waals surface area contributed by atoms with Gasteiger partial charge in [0.15, 0.2) is 0 Å². The van der Waals surface area contributed by atoms with E-state index in [1.807, 2.05) is 54.6 Å². The molecule has 0 radical (unpaired) electrons. The van der Waals surface area contributed by atoms with E-state index in [1.165, 1.54) is 10.7 Å². The zero-order chi connectivity index (χ0) is 20.2. The van der Waals surface area contributed by atoms with Gasteiger partial charge in [-0.25, -0.2) is 4.68 Å². The Labute approximate surface area is 176 Å². The SMILES string of the molecule is O=C(Cn1nc(-c2ccc(Br)cc2)ccc1=O)N1CCO[C@H](c2ccccc2)C1. The van der Waals surface area contributed by atoms with Crippen molar-refractivity contribution in [2.45, 2.75) is 12.6 Å². The molecule has 0 saturated carbocycles. The summed E-state index contributed by atoms with van der Waals surface area (Å²) in [6, 6.07) is 20.6. The fourth-order valence-corrected chi connectivity index (χ4v) is 3.57. The average Bonchev–Trinajstić information content (AvgIpc) is 2.76. The average molecular weight is 454 g/mol. The Bertz CT molecular complexity index is 1050. The van der Waals surface area contributed by atoms with Gasteiger partial charge in [0.2, 0.25) is 5.91 Å². The molecule has 29 heavy (non-hydrogen) atoms. The molecule has 6 nitrogen and oxygen atoms in total. The summed E-state index contributed by atoms with van der Waals surface area (Å²) >= 11 is 3.41. The van der Waals surface area contributed by atoms with Crippen molar-refractivity contribution < 1.29 is 9.53 Å². The molecule has 1 fully saturated rings. The number of ether oxygens (including phenoxy) is 1. The molecule has 1 amide bonds. The number of hydrogen-bond donors (Lipinski definition) is 0. The van der Waals surface area contributed by atoms with Gasteiger partial charge in [-0.15, -0.1) is 0 Å². The van der Waals surface area contributed by atoms with E-state index >= 15 is 0 Å². The minimum absolute atomic E-state index is 0.0925. The van der Waals surface area contributed by atoms with Gasteiger partial charge in [0.25, 0.3) is 5.56 Å². The molecule has 1 aliphatic heterocycles. The van der Waals surface area contributed by atoms with Crippen LogP contribution >= 0.6 is 15.9 Å². The number of carbonyl (C=O) groups excluding carboxylic acids is 1. The molecule has 0 aliphatic carbocycles. The highest BCUT2D eigenvalue weighted by Gasteiger charge is 2.25. The van der Waals surface area contributed by atoms with Crippen LogP contribution in [0.4, 0.5) is 0 Å². The predicted octanol–water partition coefficient (Wildman–Crippen LogP) is 3.27. The molecule has 2 aromatic carbocycles. The van der Waals surface area contributed by atoms with Gasteiger partial charge in [-0.05, 0) is 23.8 Å². The van der Waals surface area contributed by atoms with Crippen molar-refractivity contribution in [1.82, 2.24) is 14.7 Å². The first-order valence-electron chi connectivity index (χ1n) is 9.38. The Hall–Kier alpha value is -2.77. The number of benzene rings is 2. The van der Waals surface area contributed by atoms with Crippen LogP contribution in [0.25, 0.3) is 11.3 Å². The number of carbonyl (C=O) groups is 1. The van der Waals surface area contributed by atoms with E-state index in [2.05, 4.69) is 21.0 Å². The summed E-state index contributed by atoms with van der Waals surface area (Å²) in [6.07, 6.45) is -0.160. The Balaban J connectivity index is 1.50. The standard InChI is InChI=1S/C22H20BrN3O3/c23-18-8-6-16(7-9-18)19-10-11-21(27)26(24-19)15-22(28)25-12-13-29-20(14-25)17-4-2-1-3-5-17/h1-11,20H,12-15H2/t20-/m0/s1. The number of rotatable bonds is 4. The van der Waals surface area contributed by atoms with Crippen LogP contribution in [0.2, 0.25) is 0 Å². The predicted molar refractivity (Wildman–Crippen MR) is 113 cm³/mol. The molecule has 4 rings (SSSR count). The topological polar surface area (TPSA) is 64.4 Å². The highest BCUT2D eigenvalue weighted by molar-refractivity contribution is 9.10. The number of amides is 1. The van der Waals surface area contributed by atoms with Gasteiger partial charge in [-0.1, -0.05) is 58.4 Å². The molecular weight excluding hydrogens is 434 g/mol. The number of morpholine rings is 1. The summed E-state index contributed by atoms with van der Waals surface area (Å²) in [5, 5.41) is 4.39. The second-order valence-electron chi connectivity index (χ2n) is 6.83. The quantitative estimate of drug-likeness (QED) is 0.607. The molecule has 0 spiro atoms. The Kier molecular flexibility index (Phi) is 5.87. The first-order valence-corrected chi connectivity index (χ1v) is 10.2. The van der Waals surface area contributed by atoms with Crippen LogP contribution in [-0.2, 0) is 16.1 Å². The number of aromatic nitrogens is 2. The van der Waals surface area contributed by atoms with Crippen molar-refractivity contribution in [2.75, 3.05) is 19.7 Å². The van der Waals surface area contributed by atoms with E-state index in [0.717, 1.165) is 15.6 Å². The largest absolute Gasteiger partial charge is 0.370 e. The highest BCUT2D eigenvalue weighted by Crippen LogP contribution is 2.22. The van der Waals surface area contributed by atoms with E-state index in [0.29, 0.717) is 25.4 Å². The van der Waals surface area contributed by atoms with Crippen LogP contribution < -0.4 is 5.56 Å². The summed E-state index contributed by atoms with van der Waals surface area (Å²) in [5.74, 6) is -0.142. The molecule has 0 unspecified atom stereocenters. The first kappa shape index (κ1) is 19.5. The Morgan fingerprint density at radius 1 is 1.07 bits per heavy atom. The van der Waals surface area contributed by atoms with Gasteiger partial charge in [0.05, 0.1) is 18.8 Å². The van der Waals surface area contributed by atoms with Crippen LogP contribution in [0.15, 0.2) is 76.0 Å². The molecule has 1 saturated heterocycles. The zero-order valence-electron chi connectivity index (χ0n) is 15.7. The zero-order valence-corrected chi connectivity index (χ0v) is 17.3. The van der Waals surface area contributed by atoms with Crippen molar-refractivity contribution in [2.24, 2.45) is 0 Å². The van der Waals surface area contributed by atoms with Gasteiger partial charge in [0, 0.05) is 22.6 Å². The molecule has 1 atom stereocenters. The lowest BCUT2D eigenvalue weighted by molar-refractivity contribution is -0.139. The number of halogens is 1. The molecule has 1 aromatic heterocycles. The van der Waals surface area contributed by atoms with Gasteiger partial charge >= 0.3 is 0 Å². The molecule has 7 heteroatoms.